The molecule has 0 saturated carbocycles. The van der Waals surface area contributed by atoms with Gasteiger partial charge in [-0.3, -0.25) is 0 Å². The van der Waals surface area contributed by atoms with Gasteiger partial charge in [-0.25, -0.2) is 9.18 Å². The fraction of sp³-hybridized carbons (Fsp3) is 0.417. The number of carbonyl (C=O) groups is 1. The van der Waals surface area contributed by atoms with Crippen LogP contribution in [0.15, 0.2) is 24.3 Å². The van der Waals surface area contributed by atoms with Crippen molar-refractivity contribution in [1.82, 2.24) is 4.90 Å². The van der Waals surface area contributed by atoms with Gasteiger partial charge in [0, 0.05) is 19.1 Å². The molecule has 1 aliphatic rings. The Morgan fingerprint density at radius 1 is 1.53 bits per heavy atom. The Hall–Kier alpha value is -1.62. The molecule has 2 rings (SSSR count). The van der Waals surface area contributed by atoms with E-state index in [1.807, 2.05) is 0 Å². The standard InChI is InChI=1S/C12H16FN3O/c13-10-5-1-2-6-11(10)15-12(17)16-7-3-4-9(16)8-14/h1-2,5-6,9H,3-4,7-8,14H2,(H,15,17). The number of halogens is 1. The number of likely N-dealkylation sites (tertiary alicyclic amines) is 1. The van der Waals surface area contributed by atoms with Crippen molar-refractivity contribution >= 4 is 11.7 Å². The van der Waals surface area contributed by atoms with Crippen LogP contribution >= 0.6 is 0 Å². The highest BCUT2D eigenvalue weighted by Crippen LogP contribution is 2.19. The molecule has 3 N–H and O–H groups in total. The lowest BCUT2D eigenvalue weighted by molar-refractivity contribution is 0.207. The molecule has 17 heavy (non-hydrogen) atoms. The minimum atomic E-state index is -0.427. The van der Waals surface area contributed by atoms with Crippen molar-refractivity contribution in [3.8, 4) is 0 Å². The van der Waals surface area contributed by atoms with Crippen LogP contribution in [-0.4, -0.2) is 30.1 Å². The van der Waals surface area contributed by atoms with E-state index < -0.39 is 5.82 Å². The van der Waals surface area contributed by atoms with Crippen LogP contribution in [0.2, 0.25) is 0 Å². The molecule has 5 heteroatoms. The Kier molecular flexibility index (Phi) is 3.58. The maximum atomic E-state index is 13.4. The SMILES string of the molecule is NCC1CCCN1C(=O)Nc1ccccc1F. The molecule has 1 aromatic carbocycles. The first-order valence-electron chi connectivity index (χ1n) is 5.74. The van der Waals surface area contributed by atoms with Gasteiger partial charge in [0.1, 0.15) is 5.82 Å². The molecule has 1 unspecified atom stereocenters. The zero-order valence-corrected chi connectivity index (χ0v) is 9.53. The van der Waals surface area contributed by atoms with Crippen molar-refractivity contribution in [2.24, 2.45) is 5.73 Å². The minimum absolute atomic E-state index is 0.0711. The van der Waals surface area contributed by atoms with Crippen molar-refractivity contribution in [2.75, 3.05) is 18.4 Å². The lowest BCUT2D eigenvalue weighted by atomic mass is 10.2. The van der Waals surface area contributed by atoms with Crippen LogP contribution in [0.3, 0.4) is 0 Å². The number of carbonyl (C=O) groups excluding carboxylic acids is 1. The molecular weight excluding hydrogens is 221 g/mol. The Labute approximate surface area is 99.6 Å². The fourth-order valence-electron chi connectivity index (χ4n) is 2.10. The Morgan fingerprint density at radius 3 is 3.00 bits per heavy atom. The lowest BCUT2D eigenvalue weighted by Gasteiger charge is -2.23. The highest BCUT2D eigenvalue weighted by atomic mass is 19.1. The number of nitrogens with one attached hydrogen (secondary N) is 1. The highest BCUT2D eigenvalue weighted by Gasteiger charge is 2.27. The van der Waals surface area contributed by atoms with Gasteiger partial charge in [0.15, 0.2) is 0 Å². The molecule has 0 radical (unpaired) electrons. The van der Waals surface area contributed by atoms with Gasteiger partial charge in [-0.15, -0.1) is 0 Å². The summed E-state index contributed by atoms with van der Waals surface area (Å²) in [6.45, 7) is 1.13. The maximum Gasteiger partial charge on any atom is 0.322 e. The summed E-state index contributed by atoms with van der Waals surface area (Å²) in [5.41, 5.74) is 5.80. The van der Waals surface area contributed by atoms with E-state index in [0.717, 1.165) is 12.8 Å². The number of anilines is 1. The molecule has 0 spiro atoms. The van der Waals surface area contributed by atoms with Gasteiger partial charge >= 0.3 is 6.03 Å². The monoisotopic (exact) mass is 237 g/mol. The average molecular weight is 237 g/mol. The van der Waals surface area contributed by atoms with Crippen LogP contribution in [0, 0.1) is 5.82 Å². The van der Waals surface area contributed by atoms with Crippen molar-refractivity contribution in [3.05, 3.63) is 30.1 Å². The van der Waals surface area contributed by atoms with E-state index in [1.165, 1.54) is 6.07 Å². The quantitative estimate of drug-likeness (QED) is 0.823. The van der Waals surface area contributed by atoms with Crippen LogP contribution in [-0.2, 0) is 0 Å². The smallest absolute Gasteiger partial charge is 0.322 e. The van der Waals surface area contributed by atoms with Crippen LogP contribution in [0.1, 0.15) is 12.8 Å². The molecule has 1 saturated heterocycles. The Morgan fingerprint density at radius 2 is 2.29 bits per heavy atom. The molecule has 1 heterocycles. The van der Waals surface area contributed by atoms with Crippen molar-refractivity contribution in [1.29, 1.82) is 0 Å². The predicted molar refractivity (Wildman–Crippen MR) is 64.2 cm³/mol. The van der Waals surface area contributed by atoms with E-state index in [4.69, 9.17) is 5.73 Å². The van der Waals surface area contributed by atoms with Gasteiger partial charge in [-0.05, 0) is 25.0 Å². The summed E-state index contributed by atoms with van der Waals surface area (Å²) < 4.78 is 13.4. The van der Waals surface area contributed by atoms with E-state index in [0.29, 0.717) is 13.1 Å². The summed E-state index contributed by atoms with van der Waals surface area (Å²) in [4.78, 5) is 13.6. The molecule has 1 atom stereocenters. The summed E-state index contributed by atoms with van der Waals surface area (Å²) >= 11 is 0. The predicted octanol–water partition coefficient (Wildman–Crippen LogP) is 1.78. The summed E-state index contributed by atoms with van der Waals surface area (Å²) in [5.74, 6) is -0.427. The highest BCUT2D eigenvalue weighted by molar-refractivity contribution is 5.89. The summed E-state index contributed by atoms with van der Waals surface area (Å²) in [6.07, 6.45) is 1.87. The summed E-state index contributed by atoms with van der Waals surface area (Å²) in [6, 6.07) is 5.93. The van der Waals surface area contributed by atoms with Crippen LogP contribution in [0.4, 0.5) is 14.9 Å². The van der Waals surface area contributed by atoms with Gasteiger partial charge in [0.25, 0.3) is 0 Å². The van der Waals surface area contributed by atoms with E-state index in [2.05, 4.69) is 5.32 Å². The molecule has 2 amide bonds. The first-order valence-corrected chi connectivity index (χ1v) is 5.74. The second-order valence-electron chi connectivity index (χ2n) is 4.14. The minimum Gasteiger partial charge on any atom is -0.328 e. The number of para-hydroxylation sites is 1. The van der Waals surface area contributed by atoms with Gasteiger partial charge in [0.05, 0.1) is 5.69 Å². The van der Waals surface area contributed by atoms with Crippen LogP contribution in [0.5, 0.6) is 0 Å². The van der Waals surface area contributed by atoms with Crippen LogP contribution in [0.25, 0.3) is 0 Å². The summed E-state index contributed by atoms with van der Waals surface area (Å²) in [5, 5.41) is 2.57. The zero-order valence-electron chi connectivity index (χ0n) is 9.53. The fourth-order valence-corrected chi connectivity index (χ4v) is 2.10. The average Bonchev–Trinajstić information content (AvgIpc) is 2.80. The largest absolute Gasteiger partial charge is 0.328 e. The molecule has 92 valence electrons. The van der Waals surface area contributed by atoms with Crippen molar-refractivity contribution in [2.45, 2.75) is 18.9 Å². The van der Waals surface area contributed by atoms with E-state index in [1.54, 1.807) is 23.1 Å². The van der Waals surface area contributed by atoms with Crippen LogP contribution < -0.4 is 11.1 Å². The number of urea groups is 1. The van der Waals surface area contributed by atoms with E-state index in [-0.39, 0.29) is 17.8 Å². The zero-order chi connectivity index (χ0) is 12.3. The first-order chi connectivity index (χ1) is 8.22. The number of benzene rings is 1. The lowest BCUT2D eigenvalue weighted by Crippen LogP contribution is -2.42. The molecule has 1 aromatic rings. The Balaban J connectivity index is 2.04. The van der Waals surface area contributed by atoms with Gasteiger partial charge in [0.2, 0.25) is 0 Å². The molecular formula is C12H16FN3O. The topological polar surface area (TPSA) is 58.4 Å². The number of rotatable bonds is 2. The molecule has 0 bridgehead atoms. The number of hydrogen-bond donors (Lipinski definition) is 2. The first kappa shape index (κ1) is 11.9. The number of amides is 2. The maximum absolute atomic E-state index is 13.4. The second kappa shape index (κ2) is 5.14. The van der Waals surface area contributed by atoms with E-state index in [9.17, 15) is 9.18 Å². The van der Waals surface area contributed by atoms with Gasteiger partial charge in [-0.1, -0.05) is 12.1 Å². The van der Waals surface area contributed by atoms with E-state index >= 15 is 0 Å². The number of nitrogens with zero attached hydrogens (tertiary/aromatic N) is 1. The van der Waals surface area contributed by atoms with Crippen molar-refractivity contribution in [3.63, 3.8) is 0 Å². The van der Waals surface area contributed by atoms with Gasteiger partial charge < -0.3 is 16.0 Å². The molecule has 1 fully saturated rings. The molecule has 4 nitrogen and oxygen atoms in total. The second-order valence-corrected chi connectivity index (χ2v) is 4.14. The summed E-state index contributed by atoms with van der Waals surface area (Å²) in [7, 11) is 0. The number of nitrogens with two attached hydrogens (primary N) is 1. The van der Waals surface area contributed by atoms with Gasteiger partial charge in [-0.2, -0.15) is 0 Å². The molecule has 0 aromatic heterocycles. The third-order valence-corrected chi connectivity index (χ3v) is 3.03. The Bertz CT molecular complexity index is 410. The molecule has 0 aliphatic carbocycles. The normalized spacial score (nSPS) is 19.4. The number of hydrogen-bond acceptors (Lipinski definition) is 2. The molecule has 1 aliphatic heterocycles. The van der Waals surface area contributed by atoms with Crippen molar-refractivity contribution < 1.29 is 9.18 Å². The third kappa shape index (κ3) is 2.55. The third-order valence-electron chi connectivity index (χ3n) is 3.03.